The molecule has 0 saturated heterocycles. The quantitative estimate of drug-likeness (QED) is 0.621. The van der Waals surface area contributed by atoms with Crippen LogP contribution < -0.4 is 10.1 Å². The fourth-order valence-corrected chi connectivity index (χ4v) is 4.22. The largest absolute Gasteiger partial charge is 0.573 e. The number of halogens is 3. The average Bonchev–Trinajstić information content (AvgIpc) is 3.04. The average molecular weight is 429 g/mol. The monoisotopic (exact) mass is 429 g/mol. The van der Waals surface area contributed by atoms with Gasteiger partial charge in [0.25, 0.3) is 5.91 Å². The molecule has 1 atom stereocenters. The van der Waals surface area contributed by atoms with Gasteiger partial charge in [-0.25, -0.2) is 0 Å². The number of nitrogens with zero attached hydrogens (tertiary/aromatic N) is 1. The molecule has 2 N–H and O–H groups in total. The number of carbonyl (C=O) groups excluding carboxylic acids is 1. The molecule has 0 unspecified atom stereocenters. The van der Waals surface area contributed by atoms with E-state index in [0.29, 0.717) is 12.8 Å². The highest BCUT2D eigenvalue weighted by Crippen LogP contribution is 2.34. The van der Waals surface area contributed by atoms with Gasteiger partial charge in [-0.2, -0.15) is 5.10 Å². The molecule has 1 heterocycles. The van der Waals surface area contributed by atoms with Crippen molar-refractivity contribution in [1.82, 2.24) is 15.5 Å². The molecule has 1 aromatic heterocycles. The third-order valence-corrected chi connectivity index (χ3v) is 5.58. The predicted octanol–water partition coefficient (Wildman–Crippen LogP) is 4.88. The Balaban J connectivity index is 1.58. The number of benzene rings is 2. The van der Waals surface area contributed by atoms with Gasteiger partial charge in [0.05, 0.1) is 11.3 Å². The molecular formula is C23H22F3N3O2. The Morgan fingerprint density at radius 2 is 1.94 bits per heavy atom. The summed E-state index contributed by atoms with van der Waals surface area (Å²) in [5.41, 5.74) is 6.19. The molecule has 0 spiro atoms. The van der Waals surface area contributed by atoms with Gasteiger partial charge >= 0.3 is 6.36 Å². The first-order valence-corrected chi connectivity index (χ1v) is 10.0. The summed E-state index contributed by atoms with van der Waals surface area (Å²) >= 11 is 0. The van der Waals surface area contributed by atoms with E-state index in [4.69, 9.17) is 0 Å². The summed E-state index contributed by atoms with van der Waals surface area (Å²) in [4.78, 5) is 12.8. The molecule has 8 heteroatoms. The lowest BCUT2D eigenvalue weighted by Gasteiger charge is -2.28. The van der Waals surface area contributed by atoms with Crippen molar-refractivity contribution in [3.05, 3.63) is 70.5 Å². The van der Waals surface area contributed by atoms with Crippen molar-refractivity contribution < 1.29 is 22.7 Å². The summed E-state index contributed by atoms with van der Waals surface area (Å²) in [5, 5.41) is 10.2. The number of amides is 1. The number of fused-ring (bicyclic) bond motifs is 1. The summed E-state index contributed by atoms with van der Waals surface area (Å²) in [6, 6.07) is 11.3. The zero-order chi connectivity index (χ0) is 22.2. The van der Waals surface area contributed by atoms with Gasteiger partial charge in [-0.05, 0) is 61.9 Å². The van der Waals surface area contributed by atoms with Crippen molar-refractivity contribution in [2.45, 2.75) is 45.5 Å². The molecule has 0 fully saturated rings. The molecule has 1 amide bonds. The molecule has 31 heavy (non-hydrogen) atoms. The van der Waals surface area contributed by atoms with Gasteiger partial charge in [0, 0.05) is 17.3 Å². The fraction of sp³-hybridized carbons (Fsp3) is 0.304. The molecule has 5 nitrogen and oxygen atoms in total. The van der Waals surface area contributed by atoms with Crippen molar-refractivity contribution in [2.75, 3.05) is 0 Å². The van der Waals surface area contributed by atoms with E-state index < -0.39 is 18.0 Å². The van der Waals surface area contributed by atoms with Crippen LogP contribution >= 0.6 is 0 Å². The smallest absolute Gasteiger partial charge is 0.405 e. The molecule has 0 aliphatic heterocycles. The van der Waals surface area contributed by atoms with Crippen molar-refractivity contribution in [3.63, 3.8) is 0 Å². The van der Waals surface area contributed by atoms with Gasteiger partial charge in [0.2, 0.25) is 0 Å². The van der Waals surface area contributed by atoms with E-state index in [2.05, 4.69) is 26.3 Å². The van der Waals surface area contributed by atoms with Gasteiger partial charge < -0.3 is 10.1 Å². The van der Waals surface area contributed by atoms with E-state index in [0.717, 1.165) is 40.6 Å². The Bertz CT molecular complexity index is 1100. The number of aromatic amines is 1. The van der Waals surface area contributed by atoms with Gasteiger partial charge in [-0.3, -0.25) is 9.89 Å². The zero-order valence-electron chi connectivity index (χ0n) is 17.1. The number of rotatable bonds is 4. The van der Waals surface area contributed by atoms with E-state index in [-0.39, 0.29) is 11.6 Å². The molecule has 1 aliphatic rings. The highest BCUT2D eigenvalue weighted by atomic mass is 19.4. The topological polar surface area (TPSA) is 67.0 Å². The predicted molar refractivity (Wildman–Crippen MR) is 110 cm³/mol. The van der Waals surface area contributed by atoms with Crippen LogP contribution in [0, 0.1) is 13.8 Å². The van der Waals surface area contributed by atoms with Crippen LogP contribution in [0.5, 0.6) is 5.75 Å². The first-order valence-electron chi connectivity index (χ1n) is 10.0. The normalized spacial score (nSPS) is 16.0. The number of aromatic nitrogens is 2. The maximum Gasteiger partial charge on any atom is 0.573 e. The number of carbonyl (C=O) groups is 1. The van der Waals surface area contributed by atoms with E-state index in [1.54, 1.807) is 0 Å². The van der Waals surface area contributed by atoms with Crippen LogP contribution in [0.4, 0.5) is 13.2 Å². The van der Waals surface area contributed by atoms with Gasteiger partial charge in [0.1, 0.15) is 5.75 Å². The summed E-state index contributed by atoms with van der Waals surface area (Å²) < 4.78 is 42.1. The standard InChI is InChI=1S/C23H22F3N3O2/c1-13-21(14(2)29-28-13)17-8-5-6-15-10-11-16(12-19(15)17)27-22(30)18-7-3-4-9-20(18)31-23(24,25)26/h3-9,16H,10-12H2,1-2H3,(H,27,30)(H,28,29)/t16-/m1/s1. The highest BCUT2D eigenvalue weighted by Gasteiger charge is 2.33. The van der Waals surface area contributed by atoms with Crippen LogP contribution in [-0.2, 0) is 12.8 Å². The summed E-state index contributed by atoms with van der Waals surface area (Å²) in [7, 11) is 0. The number of hydrogen-bond acceptors (Lipinski definition) is 3. The van der Waals surface area contributed by atoms with Crippen LogP contribution in [-0.4, -0.2) is 28.5 Å². The first kappa shape index (κ1) is 21.0. The Hall–Kier alpha value is -3.29. The summed E-state index contributed by atoms with van der Waals surface area (Å²) in [6.07, 6.45) is -2.81. The number of nitrogens with one attached hydrogen (secondary N) is 2. The minimum Gasteiger partial charge on any atom is -0.405 e. The molecule has 3 aromatic rings. The lowest BCUT2D eigenvalue weighted by molar-refractivity contribution is -0.274. The number of H-pyrrole nitrogens is 1. The maximum absolute atomic E-state index is 12.8. The molecule has 0 bridgehead atoms. The van der Waals surface area contributed by atoms with E-state index in [1.165, 1.54) is 23.8 Å². The number of ether oxygens (including phenoxy) is 1. The van der Waals surface area contributed by atoms with Crippen LogP contribution in [0.2, 0.25) is 0 Å². The van der Waals surface area contributed by atoms with Crippen LogP contribution in [0.1, 0.15) is 39.3 Å². The molecule has 0 saturated carbocycles. The van der Waals surface area contributed by atoms with E-state index in [9.17, 15) is 18.0 Å². The number of para-hydroxylation sites is 1. The lowest BCUT2D eigenvalue weighted by atomic mass is 9.83. The Kier molecular flexibility index (Phi) is 5.47. The minimum absolute atomic E-state index is 0.138. The van der Waals surface area contributed by atoms with Crippen LogP contribution in [0.3, 0.4) is 0 Å². The molecule has 4 rings (SSSR count). The summed E-state index contributed by atoms with van der Waals surface area (Å²) in [5.74, 6) is -1.09. The summed E-state index contributed by atoms with van der Waals surface area (Å²) in [6.45, 7) is 3.91. The van der Waals surface area contributed by atoms with Crippen LogP contribution in [0.15, 0.2) is 42.5 Å². The number of hydrogen-bond donors (Lipinski definition) is 2. The molecule has 2 aromatic carbocycles. The van der Waals surface area contributed by atoms with Gasteiger partial charge in [0.15, 0.2) is 0 Å². The minimum atomic E-state index is -4.87. The Morgan fingerprint density at radius 1 is 1.16 bits per heavy atom. The van der Waals surface area contributed by atoms with Crippen molar-refractivity contribution in [3.8, 4) is 16.9 Å². The maximum atomic E-state index is 12.8. The fourth-order valence-electron chi connectivity index (χ4n) is 4.22. The molecule has 162 valence electrons. The SMILES string of the molecule is Cc1n[nH]c(C)c1-c1cccc2c1C[C@H](NC(=O)c1ccccc1OC(F)(F)F)CC2. The zero-order valence-corrected chi connectivity index (χ0v) is 17.1. The number of alkyl halides is 3. The second kappa shape index (κ2) is 8.09. The number of aryl methyl sites for hydroxylation is 3. The second-order valence-electron chi connectivity index (χ2n) is 7.71. The van der Waals surface area contributed by atoms with Gasteiger partial charge in [-0.15, -0.1) is 13.2 Å². The third kappa shape index (κ3) is 4.42. The first-order chi connectivity index (χ1) is 14.7. The lowest BCUT2D eigenvalue weighted by Crippen LogP contribution is -2.39. The van der Waals surface area contributed by atoms with Gasteiger partial charge in [-0.1, -0.05) is 30.3 Å². The molecule has 1 aliphatic carbocycles. The van der Waals surface area contributed by atoms with Crippen LogP contribution in [0.25, 0.3) is 11.1 Å². The highest BCUT2D eigenvalue weighted by molar-refractivity contribution is 5.97. The third-order valence-electron chi connectivity index (χ3n) is 5.58. The molecule has 0 radical (unpaired) electrons. The van der Waals surface area contributed by atoms with Crippen molar-refractivity contribution >= 4 is 5.91 Å². The van der Waals surface area contributed by atoms with E-state index in [1.807, 2.05) is 26.0 Å². The molecular weight excluding hydrogens is 407 g/mol. The van der Waals surface area contributed by atoms with Crippen molar-refractivity contribution in [2.24, 2.45) is 0 Å². The Morgan fingerprint density at radius 3 is 2.65 bits per heavy atom. The second-order valence-corrected chi connectivity index (χ2v) is 7.71. The van der Waals surface area contributed by atoms with E-state index >= 15 is 0 Å². The van der Waals surface area contributed by atoms with Crippen molar-refractivity contribution in [1.29, 1.82) is 0 Å². The Labute approximate surface area is 177 Å².